The minimum atomic E-state index is -3.98. The number of aliphatic hydroxyl groups is 1. The number of nitroso groups, excluding NO2 is 1. The van der Waals surface area contributed by atoms with Gasteiger partial charge in [0.1, 0.15) is 28.2 Å². The van der Waals surface area contributed by atoms with Gasteiger partial charge in [-0.1, -0.05) is 49.4 Å². The minimum absolute atomic E-state index is 0.0601. The van der Waals surface area contributed by atoms with Crippen molar-refractivity contribution in [2.75, 3.05) is 26.8 Å². The Morgan fingerprint density at radius 2 is 1.92 bits per heavy atom. The van der Waals surface area contributed by atoms with Crippen molar-refractivity contribution in [1.29, 1.82) is 0 Å². The van der Waals surface area contributed by atoms with Gasteiger partial charge in [0.05, 0.1) is 38.0 Å². The lowest BCUT2D eigenvalue weighted by molar-refractivity contribution is -0.140. The first-order valence-electron chi connectivity index (χ1n) is 16.9. The molecule has 2 aromatic rings. The van der Waals surface area contributed by atoms with E-state index in [0.717, 1.165) is 11.8 Å². The van der Waals surface area contributed by atoms with E-state index in [1.807, 2.05) is 37.3 Å². The number of carbonyl (C=O) groups is 2. The number of benzene rings is 1. The van der Waals surface area contributed by atoms with E-state index in [9.17, 15) is 28.0 Å². The summed E-state index contributed by atoms with van der Waals surface area (Å²) in [7, 11) is -2.42. The number of carbonyl (C=O) groups excluding carboxylic acids is 2. The summed E-state index contributed by atoms with van der Waals surface area (Å²) in [6, 6.07) is 5.56. The van der Waals surface area contributed by atoms with Crippen LogP contribution < -0.4 is 25.2 Å². The van der Waals surface area contributed by atoms with Gasteiger partial charge in [-0.25, -0.2) is 18.1 Å². The van der Waals surface area contributed by atoms with Crippen molar-refractivity contribution in [2.45, 2.75) is 92.8 Å². The van der Waals surface area contributed by atoms with Crippen LogP contribution in [0.2, 0.25) is 0 Å². The number of rotatable bonds is 9. The van der Waals surface area contributed by atoms with Crippen LogP contribution in [0.1, 0.15) is 58.8 Å². The van der Waals surface area contributed by atoms with Crippen LogP contribution in [-0.4, -0.2) is 96.0 Å². The van der Waals surface area contributed by atoms with Gasteiger partial charge in [-0.2, -0.15) is 0 Å². The first kappa shape index (κ1) is 35.2. The number of fused-ring (bicyclic) bond motifs is 3. The maximum absolute atomic E-state index is 14.3. The fourth-order valence-electron chi connectivity index (χ4n) is 7.46. The molecular weight excluding hydrogens is 652 g/mol. The fourth-order valence-corrected chi connectivity index (χ4v) is 9.01. The van der Waals surface area contributed by atoms with Crippen LogP contribution in [0.3, 0.4) is 0 Å². The van der Waals surface area contributed by atoms with E-state index in [1.165, 1.54) is 4.90 Å². The van der Waals surface area contributed by atoms with E-state index in [-0.39, 0.29) is 37.8 Å². The van der Waals surface area contributed by atoms with Crippen molar-refractivity contribution in [2.24, 2.45) is 22.7 Å². The highest BCUT2D eigenvalue weighted by atomic mass is 32.2. The predicted octanol–water partition coefficient (Wildman–Crippen LogP) is 2.14. The number of aromatic nitrogens is 1. The summed E-state index contributed by atoms with van der Waals surface area (Å²) < 4.78 is 39.5. The van der Waals surface area contributed by atoms with E-state index in [1.54, 1.807) is 19.4 Å². The zero-order valence-corrected chi connectivity index (χ0v) is 28.9. The van der Waals surface area contributed by atoms with Crippen LogP contribution >= 0.6 is 0 Å². The van der Waals surface area contributed by atoms with E-state index < -0.39 is 62.5 Å². The number of hydrogen-bond acceptors (Lipinski definition) is 11. The summed E-state index contributed by atoms with van der Waals surface area (Å²) in [5.74, 6) is -0.0296. The molecule has 5 N–H and O–H groups in total. The summed E-state index contributed by atoms with van der Waals surface area (Å²) in [4.78, 5) is 46.7. The lowest BCUT2D eigenvalue weighted by atomic mass is 9.88. The normalized spacial score (nSPS) is 33.7. The topological polar surface area (TPSA) is 203 Å². The SMILES string of the molecule is COc1cnc(O[C@@H]2CC3C(=O)N[C@]4(CNS(=O)(=O)C5(CO)CC5)C[C@@]4(N=O)/C=C\CC[C@H](C)C[C@@H](C)[C@H](N)C(=O)N3C2)c2ccccc12. The maximum atomic E-state index is 14.3. The third kappa shape index (κ3) is 6.41. The first-order valence-corrected chi connectivity index (χ1v) is 18.4. The molecule has 1 aromatic heterocycles. The first-order chi connectivity index (χ1) is 23.3. The second-order valence-electron chi connectivity index (χ2n) is 14.4. The van der Waals surface area contributed by atoms with Crippen molar-refractivity contribution in [3.63, 3.8) is 0 Å². The van der Waals surface area contributed by atoms with Crippen molar-refractivity contribution >= 4 is 32.6 Å². The Labute approximate surface area is 286 Å². The van der Waals surface area contributed by atoms with Gasteiger partial charge in [0.2, 0.25) is 27.7 Å². The molecule has 2 aliphatic carbocycles. The van der Waals surface area contributed by atoms with E-state index in [4.69, 9.17) is 15.2 Å². The summed E-state index contributed by atoms with van der Waals surface area (Å²) in [6.07, 6.45) is 7.31. The maximum Gasteiger partial charge on any atom is 0.243 e. The molecule has 1 saturated heterocycles. The molecular formula is C34H46N6O8S. The molecule has 4 aliphatic rings. The zero-order valence-electron chi connectivity index (χ0n) is 28.1. The van der Waals surface area contributed by atoms with Crippen LogP contribution in [0, 0.1) is 16.7 Å². The average Bonchev–Trinajstić information content (AvgIpc) is 3.98. The monoisotopic (exact) mass is 698 g/mol. The number of pyridine rings is 1. The molecule has 6 rings (SSSR count). The Morgan fingerprint density at radius 1 is 1.18 bits per heavy atom. The molecule has 7 atom stereocenters. The fraction of sp³-hybridized carbons (Fsp3) is 0.618. The molecule has 3 heterocycles. The third-order valence-electron chi connectivity index (χ3n) is 11.0. The quantitative estimate of drug-likeness (QED) is 0.222. The Balaban J connectivity index is 1.32. The Kier molecular flexibility index (Phi) is 9.50. The standard InChI is InChI=1S/C34H46N6O8S/c1-21-8-6-7-11-33(39-44)18-34(33,19-37-49(45,46)32(20-41)12-13-32)38-29(42)26-15-23(17-40(26)31(43)28(35)22(2)14-21)48-30-25-10-5-4-9-24(25)27(47-3)16-36-30/h4-5,7,9-11,16,21-23,26,28,37,41H,6,8,12-15,17-20,35H2,1-3H3,(H,38,42)/b11-7-/t21-,22+,23+,26?,28-,33-,34-/m0/s1. The molecule has 15 heteroatoms. The van der Waals surface area contributed by atoms with Crippen molar-refractivity contribution in [3.05, 3.63) is 47.5 Å². The van der Waals surface area contributed by atoms with Crippen LogP contribution in [-0.2, 0) is 19.6 Å². The number of methoxy groups -OCH3 is 1. The van der Waals surface area contributed by atoms with Gasteiger partial charge in [0.15, 0.2) is 0 Å². The molecule has 0 bridgehead atoms. The van der Waals surface area contributed by atoms with Crippen LogP contribution in [0.25, 0.3) is 10.8 Å². The number of nitrogens with two attached hydrogens (primary N) is 1. The molecule has 1 aromatic carbocycles. The summed E-state index contributed by atoms with van der Waals surface area (Å²) in [5.41, 5.74) is 3.79. The Morgan fingerprint density at radius 3 is 2.59 bits per heavy atom. The van der Waals surface area contributed by atoms with Crippen molar-refractivity contribution < 1.29 is 32.6 Å². The van der Waals surface area contributed by atoms with E-state index in [2.05, 4.69) is 27.1 Å². The highest BCUT2D eigenvalue weighted by Gasteiger charge is 2.70. The summed E-state index contributed by atoms with van der Waals surface area (Å²) in [6.45, 7) is 3.23. The van der Waals surface area contributed by atoms with Gasteiger partial charge < -0.3 is 30.5 Å². The molecule has 2 amide bonds. The van der Waals surface area contributed by atoms with Crippen LogP contribution in [0.4, 0.5) is 0 Å². The lowest BCUT2D eigenvalue weighted by Crippen LogP contribution is -2.58. The molecule has 0 spiro atoms. The number of allylic oxidation sites excluding steroid dienone is 1. The number of ether oxygens (including phenoxy) is 2. The van der Waals surface area contributed by atoms with E-state index in [0.29, 0.717) is 42.7 Å². The number of nitrogens with one attached hydrogen (secondary N) is 2. The van der Waals surface area contributed by atoms with Gasteiger partial charge in [0.25, 0.3) is 0 Å². The minimum Gasteiger partial charge on any atom is -0.494 e. The predicted molar refractivity (Wildman–Crippen MR) is 182 cm³/mol. The Bertz CT molecular complexity index is 1750. The summed E-state index contributed by atoms with van der Waals surface area (Å²) >= 11 is 0. The average molecular weight is 699 g/mol. The number of nitrogens with zero attached hydrogens (tertiary/aromatic N) is 3. The molecule has 3 fully saturated rings. The van der Waals surface area contributed by atoms with Crippen molar-refractivity contribution in [3.8, 4) is 11.6 Å². The van der Waals surface area contributed by atoms with Crippen LogP contribution in [0.5, 0.6) is 11.6 Å². The highest BCUT2D eigenvalue weighted by Crippen LogP contribution is 2.53. The molecule has 49 heavy (non-hydrogen) atoms. The number of hydrogen-bond donors (Lipinski definition) is 4. The van der Waals surface area contributed by atoms with Crippen molar-refractivity contribution in [1.82, 2.24) is 19.9 Å². The molecule has 2 saturated carbocycles. The van der Waals surface area contributed by atoms with Gasteiger partial charge >= 0.3 is 0 Å². The summed E-state index contributed by atoms with van der Waals surface area (Å²) in [5, 5.41) is 17.7. The molecule has 14 nitrogen and oxygen atoms in total. The zero-order chi connectivity index (χ0) is 35.2. The van der Waals surface area contributed by atoms with Crippen LogP contribution in [0.15, 0.2) is 47.8 Å². The molecule has 0 radical (unpaired) electrons. The van der Waals surface area contributed by atoms with Gasteiger partial charge in [0, 0.05) is 30.2 Å². The Hall–Kier alpha value is -3.66. The molecule has 1 unspecified atom stereocenters. The molecule has 2 aliphatic heterocycles. The lowest BCUT2D eigenvalue weighted by Gasteiger charge is -2.31. The van der Waals surface area contributed by atoms with Gasteiger partial charge in [-0.05, 0) is 50.0 Å². The largest absolute Gasteiger partial charge is 0.494 e. The molecule has 266 valence electrons. The smallest absolute Gasteiger partial charge is 0.243 e. The second kappa shape index (κ2) is 13.2. The van der Waals surface area contributed by atoms with Gasteiger partial charge in [-0.15, -0.1) is 4.91 Å². The van der Waals surface area contributed by atoms with E-state index >= 15 is 0 Å². The second-order valence-corrected chi connectivity index (χ2v) is 16.6. The highest BCUT2D eigenvalue weighted by molar-refractivity contribution is 7.91. The van der Waals surface area contributed by atoms with Gasteiger partial charge in [-0.3, -0.25) is 9.59 Å². The third-order valence-corrected chi connectivity index (χ3v) is 13.2. The number of aliphatic hydroxyl groups excluding tert-OH is 1. The number of amides is 2. The number of sulfonamides is 1.